The van der Waals surface area contributed by atoms with Crippen molar-refractivity contribution in [2.24, 2.45) is 0 Å². The van der Waals surface area contributed by atoms with Gasteiger partial charge in [0.25, 0.3) is 0 Å². The van der Waals surface area contributed by atoms with Crippen molar-refractivity contribution in [3.63, 3.8) is 0 Å². The molecule has 8 aromatic heterocycles. The second-order valence-corrected chi connectivity index (χ2v) is 12.2. The Morgan fingerprint density at radius 3 is 2.44 bits per heavy atom. The van der Waals surface area contributed by atoms with Gasteiger partial charge in [-0.1, -0.05) is 12.1 Å². The van der Waals surface area contributed by atoms with E-state index >= 15 is 0 Å². The Balaban J connectivity index is 1.63. The number of aromatic nitrogens is 8. The minimum Gasteiger partial charge on any atom is -0.466 e. The lowest BCUT2D eigenvalue weighted by Gasteiger charge is -2.60. The maximum Gasteiger partial charge on any atom is 0.203 e. The molecule has 0 fully saturated rings. The summed E-state index contributed by atoms with van der Waals surface area (Å²) in [5.41, 5.74) is 2.37. The van der Waals surface area contributed by atoms with Gasteiger partial charge in [-0.05, 0) is 66.0 Å². The fourth-order valence-corrected chi connectivity index (χ4v) is 8.35. The number of nitrogens with zero attached hydrogens (tertiary/aromatic N) is 6. The first-order valence-corrected chi connectivity index (χ1v) is 16.2. The van der Waals surface area contributed by atoms with E-state index in [0.717, 1.165) is 38.9 Å². The van der Waals surface area contributed by atoms with Crippen LogP contribution in [-0.2, 0) is 11.0 Å². The van der Waals surface area contributed by atoms with Gasteiger partial charge in [0.15, 0.2) is 5.82 Å². The molecule has 3 unspecified atom stereocenters. The molecular formula is C36H27N9O2S. The van der Waals surface area contributed by atoms with Gasteiger partial charge in [0.2, 0.25) is 5.89 Å². The highest BCUT2D eigenvalue weighted by atomic mass is 32.1. The molecule has 0 radical (unpaired) electrons. The highest BCUT2D eigenvalue weighted by molar-refractivity contribution is 7.14. The molecular weight excluding hydrogens is 623 g/mol. The number of pyridine rings is 2. The van der Waals surface area contributed by atoms with E-state index < -0.39 is 16.9 Å². The van der Waals surface area contributed by atoms with Gasteiger partial charge in [-0.3, -0.25) is 15.1 Å². The van der Waals surface area contributed by atoms with E-state index in [-0.39, 0.29) is 0 Å². The smallest absolute Gasteiger partial charge is 0.203 e. The molecule has 3 N–H and O–H groups in total. The molecule has 8 aromatic rings. The predicted octanol–water partition coefficient (Wildman–Crippen LogP) is 7.00. The zero-order valence-electron chi connectivity index (χ0n) is 25.3. The third kappa shape index (κ3) is 3.83. The molecule has 0 aliphatic carbocycles. The molecule has 9 heterocycles. The van der Waals surface area contributed by atoms with Crippen molar-refractivity contribution >= 4 is 27.6 Å². The van der Waals surface area contributed by atoms with Gasteiger partial charge in [0, 0.05) is 60.2 Å². The normalized spacial score (nSPS) is 21.2. The van der Waals surface area contributed by atoms with Crippen molar-refractivity contribution in [3.05, 3.63) is 180 Å². The molecule has 12 heteroatoms. The molecule has 0 aromatic carbocycles. The monoisotopic (exact) mass is 649 g/mol. The number of hydrogen-bond donors (Lipinski definition) is 3. The Hall–Kier alpha value is -6.27. The maximum absolute atomic E-state index is 6.66. The summed E-state index contributed by atoms with van der Waals surface area (Å²) >= 11 is 1.61. The molecule has 1 aliphatic rings. The van der Waals surface area contributed by atoms with Crippen molar-refractivity contribution in [3.8, 4) is 0 Å². The lowest BCUT2D eigenvalue weighted by Crippen LogP contribution is -2.66. The lowest BCUT2D eigenvalue weighted by atomic mass is 9.50. The van der Waals surface area contributed by atoms with Crippen LogP contribution in [0.2, 0.25) is 0 Å². The maximum atomic E-state index is 6.66. The first-order chi connectivity index (χ1) is 23.8. The summed E-state index contributed by atoms with van der Waals surface area (Å²) in [5, 5.41) is 10.7. The fraction of sp³-hybridized carbons (Fsp3) is 0.0833. The standard InChI is InChI=1S/C36H27N9O2S/c1-2-14-38-26(8-1)35(27-9-4-15-39-27)31(34-42-19-21-47-34)30(25-12-16-43-44-25)32(33-40-17-18-41-33)45(29-11-6-22-48-29)36(35,28-10-5-20-46-28)24-7-3-13-37-23-24/h1-23,31,39H,(H,40,41)(H,43,44). The number of hydrogen-bond acceptors (Lipinski definition) is 9. The first-order valence-electron chi connectivity index (χ1n) is 15.3. The van der Waals surface area contributed by atoms with Crippen molar-refractivity contribution in [1.29, 1.82) is 0 Å². The van der Waals surface area contributed by atoms with E-state index in [1.165, 1.54) is 0 Å². The zero-order chi connectivity index (χ0) is 32.0. The Labute approximate surface area is 278 Å². The second-order valence-electron chi connectivity index (χ2n) is 11.3. The third-order valence-corrected chi connectivity index (χ3v) is 9.95. The topological polar surface area (TPSA) is 141 Å². The minimum absolute atomic E-state index is 0.467. The zero-order valence-corrected chi connectivity index (χ0v) is 26.1. The largest absolute Gasteiger partial charge is 0.466 e. The van der Waals surface area contributed by atoms with E-state index in [4.69, 9.17) is 28.8 Å². The van der Waals surface area contributed by atoms with Gasteiger partial charge >= 0.3 is 0 Å². The van der Waals surface area contributed by atoms with Gasteiger partial charge in [0.1, 0.15) is 23.0 Å². The summed E-state index contributed by atoms with van der Waals surface area (Å²) in [4.78, 5) is 29.1. The van der Waals surface area contributed by atoms with Crippen LogP contribution < -0.4 is 4.90 Å². The van der Waals surface area contributed by atoms with Gasteiger partial charge in [-0.25, -0.2) is 9.97 Å². The highest BCUT2D eigenvalue weighted by Gasteiger charge is 2.71. The first kappa shape index (κ1) is 28.0. The summed E-state index contributed by atoms with van der Waals surface area (Å²) in [7, 11) is 0. The summed E-state index contributed by atoms with van der Waals surface area (Å²) < 4.78 is 13.1. The summed E-state index contributed by atoms with van der Waals surface area (Å²) in [6.07, 6.45) is 17.7. The van der Waals surface area contributed by atoms with E-state index in [0.29, 0.717) is 17.5 Å². The molecule has 234 valence electrons. The quantitative estimate of drug-likeness (QED) is 0.160. The summed E-state index contributed by atoms with van der Waals surface area (Å²) in [6, 6.07) is 24.2. The Bertz CT molecular complexity index is 2070. The number of thiophene rings is 1. The second kappa shape index (κ2) is 11.2. The third-order valence-electron chi connectivity index (χ3n) is 9.09. The molecule has 9 rings (SSSR count). The molecule has 0 bridgehead atoms. The number of imidazole rings is 1. The van der Waals surface area contributed by atoms with Crippen molar-refractivity contribution in [2.75, 3.05) is 4.90 Å². The van der Waals surface area contributed by atoms with Crippen LogP contribution in [0.15, 0.2) is 149 Å². The highest BCUT2D eigenvalue weighted by Crippen LogP contribution is 2.69. The van der Waals surface area contributed by atoms with Crippen LogP contribution in [0.25, 0.3) is 11.3 Å². The van der Waals surface area contributed by atoms with Crippen molar-refractivity contribution in [1.82, 2.24) is 40.1 Å². The summed E-state index contributed by atoms with van der Waals surface area (Å²) in [5.74, 6) is 1.08. The van der Waals surface area contributed by atoms with Crippen LogP contribution in [0.3, 0.4) is 0 Å². The van der Waals surface area contributed by atoms with Crippen LogP contribution >= 0.6 is 11.3 Å². The SMILES string of the molecule is c1ccc(C2(c3ccc[nH]3)C(c3ncco3)C(c3ccn[nH]3)=C(c3ncc[nH]3)N(c3cccs3)C2(c2cccnc2)c2ccco2)nc1. The number of nitrogens with one attached hydrogen (secondary N) is 3. The Kier molecular flexibility index (Phi) is 6.54. The number of allylic oxidation sites excluding steroid dienone is 1. The lowest BCUT2D eigenvalue weighted by molar-refractivity contribution is 0.211. The molecule has 0 saturated heterocycles. The van der Waals surface area contributed by atoms with Gasteiger partial charge < -0.3 is 23.7 Å². The van der Waals surface area contributed by atoms with Crippen molar-refractivity contribution in [2.45, 2.75) is 16.9 Å². The number of rotatable bonds is 8. The van der Waals surface area contributed by atoms with Gasteiger partial charge in [-0.2, -0.15) is 5.10 Å². The number of anilines is 1. The molecule has 48 heavy (non-hydrogen) atoms. The average Bonchev–Trinajstić information content (AvgIpc) is 3.99. The van der Waals surface area contributed by atoms with E-state index in [9.17, 15) is 0 Å². The van der Waals surface area contributed by atoms with Crippen LogP contribution in [-0.4, -0.2) is 40.1 Å². The molecule has 11 nitrogen and oxygen atoms in total. The number of aromatic amines is 3. The van der Waals surface area contributed by atoms with Gasteiger partial charge in [-0.15, -0.1) is 11.3 Å². The van der Waals surface area contributed by atoms with E-state index in [2.05, 4.69) is 54.7 Å². The van der Waals surface area contributed by atoms with Gasteiger partial charge in [0.05, 0.1) is 40.5 Å². The predicted molar refractivity (Wildman–Crippen MR) is 180 cm³/mol. The van der Waals surface area contributed by atoms with Crippen LogP contribution in [0, 0.1) is 0 Å². The molecule has 0 spiro atoms. The van der Waals surface area contributed by atoms with Crippen LogP contribution in [0.1, 0.15) is 46.0 Å². The molecule has 1 aliphatic heterocycles. The molecule has 0 amide bonds. The van der Waals surface area contributed by atoms with Crippen LogP contribution in [0.4, 0.5) is 5.00 Å². The fourth-order valence-electron chi connectivity index (χ4n) is 7.56. The van der Waals surface area contributed by atoms with E-state index in [1.54, 1.807) is 48.7 Å². The Morgan fingerprint density at radius 2 is 1.77 bits per heavy atom. The van der Waals surface area contributed by atoms with E-state index in [1.807, 2.05) is 73.3 Å². The average molecular weight is 650 g/mol. The number of furan rings is 1. The molecule has 3 atom stereocenters. The number of oxazole rings is 1. The van der Waals surface area contributed by atoms with Crippen LogP contribution in [0.5, 0.6) is 0 Å². The molecule has 0 saturated carbocycles. The van der Waals surface area contributed by atoms with Crippen molar-refractivity contribution < 1.29 is 8.83 Å². The minimum atomic E-state index is -1.25. The summed E-state index contributed by atoms with van der Waals surface area (Å²) in [6.45, 7) is 0. The Morgan fingerprint density at radius 1 is 0.771 bits per heavy atom. The number of H-pyrrole nitrogens is 3.